The van der Waals surface area contributed by atoms with E-state index in [0.717, 1.165) is 30.2 Å². The second-order valence-electron chi connectivity index (χ2n) is 4.89. The van der Waals surface area contributed by atoms with Gasteiger partial charge in [-0.3, -0.25) is 9.67 Å². The number of aryl methyl sites for hydroxylation is 1. The van der Waals surface area contributed by atoms with E-state index in [2.05, 4.69) is 20.7 Å². The predicted molar refractivity (Wildman–Crippen MR) is 88.0 cm³/mol. The fraction of sp³-hybridized carbons (Fsp3) is 0.375. The van der Waals surface area contributed by atoms with E-state index in [1.54, 1.807) is 11.7 Å². The smallest absolute Gasteiger partial charge is 0.191 e. The first-order valence-electron chi connectivity index (χ1n) is 7.38. The molecule has 1 heterocycles. The van der Waals surface area contributed by atoms with Crippen LogP contribution in [0.15, 0.2) is 47.7 Å². The largest absolute Gasteiger partial charge is 0.494 e. The van der Waals surface area contributed by atoms with Gasteiger partial charge in [0.15, 0.2) is 5.96 Å². The van der Waals surface area contributed by atoms with Gasteiger partial charge in [0.25, 0.3) is 0 Å². The fourth-order valence-corrected chi connectivity index (χ4v) is 1.96. The van der Waals surface area contributed by atoms with Crippen LogP contribution in [0.3, 0.4) is 0 Å². The monoisotopic (exact) mass is 301 g/mol. The van der Waals surface area contributed by atoms with Gasteiger partial charge in [0.05, 0.1) is 12.8 Å². The summed E-state index contributed by atoms with van der Waals surface area (Å²) in [4.78, 5) is 4.19. The average molecular weight is 301 g/mol. The topological polar surface area (TPSA) is 63.5 Å². The Bertz CT molecular complexity index is 579. The van der Waals surface area contributed by atoms with E-state index in [9.17, 15) is 0 Å². The van der Waals surface area contributed by atoms with Gasteiger partial charge in [-0.15, -0.1) is 0 Å². The molecular weight excluding hydrogens is 278 g/mol. The van der Waals surface area contributed by atoms with Crippen LogP contribution in [0.25, 0.3) is 0 Å². The minimum atomic E-state index is 0.677. The zero-order valence-corrected chi connectivity index (χ0v) is 13.1. The van der Waals surface area contributed by atoms with Crippen molar-refractivity contribution in [2.75, 3.05) is 20.2 Å². The van der Waals surface area contributed by atoms with Crippen LogP contribution >= 0.6 is 0 Å². The fourth-order valence-electron chi connectivity index (χ4n) is 1.96. The number of aliphatic imine (C=N–C) groups is 1. The molecule has 2 rings (SSSR count). The zero-order valence-electron chi connectivity index (χ0n) is 13.1. The van der Waals surface area contributed by atoms with Crippen molar-refractivity contribution in [3.8, 4) is 5.75 Å². The third kappa shape index (κ3) is 5.47. The van der Waals surface area contributed by atoms with Gasteiger partial charge in [-0.1, -0.05) is 18.2 Å². The molecule has 0 aliphatic heterocycles. The van der Waals surface area contributed by atoms with Gasteiger partial charge in [0.1, 0.15) is 5.75 Å². The maximum Gasteiger partial charge on any atom is 0.191 e. The molecule has 2 aromatic rings. The number of hydrogen-bond acceptors (Lipinski definition) is 3. The third-order valence-electron chi connectivity index (χ3n) is 3.07. The summed E-state index contributed by atoms with van der Waals surface area (Å²) >= 11 is 0. The lowest BCUT2D eigenvalue weighted by Crippen LogP contribution is -2.37. The summed E-state index contributed by atoms with van der Waals surface area (Å²) in [6, 6.07) is 9.84. The second-order valence-corrected chi connectivity index (χ2v) is 4.89. The van der Waals surface area contributed by atoms with E-state index in [1.165, 1.54) is 0 Å². The van der Waals surface area contributed by atoms with Gasteiger partial charge >= 0.3 is 0 Å². The molecule has 0 atom stereocenters. The molecule has 6 heteroatoms. The molecule has 0 aliphatic carbocycles. The van der Waals surface area contributed by atoms with Gasteiger partial charge in [0, 0.05) is 38.9 Å². The number of nitrogens with zero attached hydrogens (tertiary/aromatic N) is 3. The first kappa shape index (κ1) is 15.9. The van der Waals surface area contributed by atoms with Crippen LogP contribution in [-0.2, 0) is 13.6 Å². The molecule has 0 saturated heterocycles. The van der Waals surface area contributed by atoms with E-state index in [1.807, 2.05) is 49.8 Å². The first-order valence-corrected chi connectivity index (χ1v) is 7.38. The molecule has 2 N–H and O–H groups in total. The molecule has 0 amide bonds. The van der Waals surface area contributed by atoms with E-state index in [4.69, 9.17) is 4.74 Å². The molecule has 1 aromatic heterocycles. The summed E-state index contributed by atoms with van der Waals surface area (Å²) in [6.07, 6.45) is 4.73. The average Bonchev–Trinajstić information content (AvgIpc) is 2.96. The van der Waals surface area contributed by atoms with Crippen LogP contribution < -0.4 is 15.4 Å². The number of rotatable bonds is 7. The minimum absolute atomic E-state index is 0.677. The standard InChI is InChI=1S/C16H23N5O/c1-17-16(19-11-14-12-20-21(2)13-14)18-9-6-10-22-15-7-4-3-5-8-15/h3-5,7-8,12-13H,6,9-11H2,1-2H3,(H2,17,18,19). The van der Waals surface area contributed by atoms with Gasteiger partial charge in [-0.05, 0) is 18.6 Å². The van der Waals surface area contributed by atoms with Crippen molar-refractivity contribution >= 4 is 5.96 Å². The highest BCUT2D eigenvalue weighted by molar-refractivity contribution is 5.79. The van der Waals surface area contributed by atoms with E-state index in [-0.39, 0.29) is 0 Å². The van der Waals surface area contributed by atoms with Crippen molar-refractivity contribution in [1.82, 2.24) is 20.4 Å². The lowest BCUT2D eigenvalue weighted by Gasteiger charge is -2.11. The molecule has 0 radical (unpaired) electrons. The third-order valence-corrected chi connectivity index (χ3v) is 3.07. The molecule has 0 bridgehead atoms. The molecule has 0 spiro atoms. The number of benzene rings is 1. The van der Waals surface area contributed by atoms with Crippen molar-refractivity contribution < 1.29 is 4.74 Å². The highest BCUT2D eigenvalue weighted by Crippen LogP contribution is 2.07. The summed E-state index contributed by atoms with van der Waals surface area (Å²) < 4.78 is 7.43. The molecular formula is C16H23N5O. The van der Waals surface area contributed by atoms with Crippen molar-refractivity contribution in [2.24, 2.45) is 12.0 Å². The second kappa shape index (κ2) is 8.71. The lowest BCUT2D eigenvalue weighted by atomic mass is 10.3. The Balaban J connectivity index is 1.60. The van der Waals surface area contributed by atoms with Crippen LogP contribution in [0.5, 0.6) is 5.75 Å². The lowest BCUT2D eigenvalue weighted by molar-refractivity contribution is 0.311. The Morgan fingerprint density at radius 3 is 2.77 bits per heavy atom. The number of nitrogens with one attached hydrogen (secondary N) is 2. The number of para-hydroxylation sites is 1. The maximum atomic E-state index is 5.64. The SMILES string of the molecule is CN=C(NCCCOc1ccccc1)NCc1cnn(C)c1. The molecule has 6 nitrogen and oxygen atoms in total. The van der Waals surface area contributed by atoms with Crippen LogP contribution in [0, 0.1) is 0 Å². The Hall–Kier alpha value is -2.50. The zero-order chi connectivity index (χ0) is 15.6. The first-order chi connectivity index (χ1) is 10.8. The molecule has 0 saturated carbocycles. The molecule has 1 aromatic carbocycles. The summed E-state index contributed by atoms with van der Waals surface area (Å²) in [5.41, 5.74) is 1.12. The van der Waals surface area contributed by atoms with Gasteiger partial charge in [-0.25, -0.2) is 0 Å². The summed E-state index contributed by atoms with van der Waals surface area (Å²) in [5.74, 6) is 1.69. The van der Waals surface area contributed by atoms with Gasteiger partial charge < -0.3 is 15.4 Å². The number of guanidine groups is 1. The quantitative estimate of drug-likeness (QED) is 0.463. The normalized spacial score (nSPS) is 11.3. The van der Waals surface area contributed by atoms with Crippen molar-refractivity contribution in [3.05, 3.63) is 48.3 Å². The number of ether oxygens (including phenoxy) is 1. The number of aromatic nitrogens is 2. The van der Waals surface area contributed by atoms with Gasteiger partial charge in [-0.2, -0.15) is 5.10 Å². The highest BCUT2D eigenvalue weighted by atomic mass is 16.5. The van der Waals surface area contributed by atoms with Crippen LogP contribution in [0.2, 0.25) is 0 Å². The molecule has 22 heavy (non-hydrogen) atoms. The maximum absolute atomic E-state index is 5.64. The van der Waals surface area contributed by atoms with Gasteiger partial charge in [0.2, 0.25) is 0 Å². The molecule has 118 valence electrons. The van der Waals surface area contributed by atoms with Crippen molar-refractivity contribution in [3.63, 3.8) is 0 Å². The van der Waals surface area contributed by atoms with E-state index < -0.39 is 0 Å². The summed E-state index contributed by atoms with van der Waals surface area (Å²) in [7, 11) is 3.67. The van der Waals surface area contributed by atoms with Crippen LogP contribution in [-0.4, -0.2) is 35.9 Å². The molecule has 0 fully saturated rings. The van der Waals surface area contributed by atoms with Crippen molar-refractivity contribution in [2.45, 2.75) is 13.0 Å². The summed E-state index contributed by atoms with van der Waals surface area (Å²) in [5, 5.41) is 10.7. The Kier molecular flexibility index (Phi) is 6.29. The molecule has 0 unspecified atom stereocenters. The Morgan fingerprint density at radius 1 is 1.27 bits per heavy atom. The summed E-state index contributed by atoms with van der Waals surface area (Å²) in [6.45, 7) is 2.18. The Morgan fingerprint density at radius 2 is 2.09 bits per heavy atom. The van der Waals surface area contributed by atoms with E-state index in [0.29, 0.717) is 13.2 Å². The van der Waals surface area contributed by atoms with Crippen LogP contribution in [0.4, 0.5) is 0 Å². The predicted octanol–water partition coefficient (Wildman–Crippen LogP) is 1.55. The Labute approximate surface area is 131 Å². The molecule has 0 aliphatic rings. The highest BCUT2D eigenvalue weighted by Gasteiger charge is 2.00. The number of hydrogen-bond donors (Lipinski definition) is 2. The van der Waals surface area contributed by atoms with E-state index >= 15 is 0 Å². The van der Waals surface area contributed by atoms with Crippen molar-refractivity contribution in [1.29, 1.82) is 0 Å². The minimum Gasteiger partial charge on any atom is -0.494 e. The van der Waals surface area contributed by atoms with Crippen LogP contribution in [0.1, 0.15) is 12.0 Å².